The number of amides is 2. The molecule has 1 unspecified atom stereocenters. The number of nitrogens with zero attached hydrogens (tertiary/aromatic N) is 1. The standard InChI is InChI=1S/C13H20N4O2/c1-8(6-12(15)18)16-11-5-4-9(7-10(11)14)13(19)17(2)3/h4-5,7-8,16H,6,14H2,1-3H3,(H2,15,18). The number of nitrogens with one attached hydrogen (secondary N) is 1. The van der Waals surface area contributed by atoms with Gasteiger partial charge in [-0.15, -0.1) is 0 Å². The number of benzene rings is 1. The van der Waals surface area contributed by atoms with E-state index in [-0.39, 0.29) is 24.3 Å². The molecular formula is C13H20N4O2. The summed E-state index contributed by atoms with van der Waals surface area (Å²) in [5.41, 5.74) is 12.7. The average molecular weight is 264 g/mol. The van der Waals surface area contributed by atoms with Crippen LogP contribution >= 0.6 is 0 Å². The summed E-state index contributed by atoms with van der Waals surface area (Å²) in [6.07, 6.45) is 0.220. The summed E-state index contributed by atoms with van der Waals surface area (Å²) in [6, 6.07) is 4.92. The number of rotatable bonds is 5. The molecule has 1 aromatic rings. The first-order valence-electron chi connectivity index (χ1n) is 5.97. The van der Waals surface area contributed by atoms with Crippen molar-refractivity contribution in [1.29, 1.82) is 0 Å². The van der Waals surface area contributed by atoms with Gasteiger partial charge in [0.25, 0.3) is 5.91 Å². The van der Waals surface area contributed by atoms with Gasteiger partial charge in [0.05, 0.1) is 11.4 Å². The first-order valence-corrected chi connectivity index (χ1v) is 5.97. The molecule has 0 fully saturated rings. The van der Waals surface area contributed by atoms with Gasteiger partial charge >= 0.3 is 0 Å². The van der Waals surface area contributed by atoms with Crippen LogP contribution in [0.1, 0.15) is 23.7 Å². The highest BCUT2D eigenvalue weighted by Crippen LogP contribution is 2.21. The van der Waals surface area contributed by atoms with Gasteiger partial charge in [-0.3, -0.25) is 9.59 Å². The molecule has 2 amide bonds. The Hall–Kier alpha value is -2.24. The van der Waals surface area contributed by atoms with Gasteiger partial charge in [0.2, 0.25) is 5.91 Å². The third-order valence-corrected chi connectivity index (χ3v) is 2.61. The zero-order valence-corrected chi connectivity index (χ0v) is 11.4. The zero-order chi connectivity index (χ0) is 14.6. The summed E-state index contributed by atoms with van der Waals surface area (Å²) in [5, 5.41) is 3.09. The third-order valence-electron chi connectivity index (χ3n) is 2.61. The molecule has 0 spiro atoms. The summed E-state index contributed by atoms with van der Waals surface area (Å²) in [7, 11) is 3.36. The van der Waals surface area contributed by atoms with Crippen molar-refractivity contribution in [2.45, 2.75) is 19.4 Å². The van der Waals surface area contributed by atoms with Gasteiger partial charge in [-0.2, -0.15) is 0 Å². The van der Waals surface area contributed by atoms with Gasteiger partial charge in [-0.05, 0) is 25.1 Å². The van der Waals surface area contributed by atoms with Crippen LogP contribution in [0, 0.1) is 0 Å². The largest absolute Gasteiger partial charge is 0.397 e. The maximum atomic E-state index is 11.8. The highest BCUT2D eigenvalue weighted by atomic mass is 16.2. The van der Waals surface area contributed by atoms with Crippen molar-refractivity contribution in [1.82, 2.24) is 4.90 Å². The minimum Gasteiger partial charge on any atom is -0.397 e. The van der Waals surface area contributed by atoms with Crippen molar-refractivity contribution in [3.63, 3.8) is 0 Å². The maximum Gasteiger partial charge on any atom is 0.253 e. The van der Waals surface area contributed by atoms with Crippen molar-refractivity contribution >= 4 is 23.2 Å². The van der Waals surface area contributed by atoms with E-state index in [0.29, 0.717) is 16.9 Å². The molecule has 0 bridgehead atoms. The fourth-order valence-electron chi connectivity index (χ4n) is 1.70. The molecule has 0 aliphatic carbocycles. The molecule has 0 aliphatic heterocycles. The second-order valence-electron chi connectivity index (χ2n) is 4.72. The van der Waals surface area contributed by atoms with Crippen LogP contribution in [0.2, 0.25) is 0 Å². The Balaban J connectivity index is 2.83. The van der Waals surface area contributed by atoms with Gasteiger partial charge in [0.1, 0.15) is 0 Å². The first kappa shape index (κ1) is 14.8. The Labute approximate surface area is 112 Å². The summed E-state index contributed by atoms with van der Waals surface area (Å²) in [4.78, 5) is 24.1. The maximum absolute atomic E-state index is 11.8. The molecule has 6 heteroatoms. The second-order valence-corrected chi connectivity index (χ2v) is 4.72. The van der Waals surface area contributed by atoms with Crippen LogP contribution in [0.3, 0.4) is 0 Å². The lowest BCUT2D eigenvalue weighted by molar-refractivity contribution is -0.118. The smallest absolute Gasteiger partial charge is 0.253 e. The lowest BCUT2D eigenvalue weighted by Crippen LogP contribution is -2.25. The van der Waals surface area contributed by atoms with E-state index < -0.39 is 0 Å². The summed E-state index contributed by atoms with van der Waals surface area (Å²) < 4.78 is 0. The molecule has 5 N–H and O–H groups in total. The minimum absolute atomic E-state index is 0.108. The fourth-order valence-corrected chi connectivity index (χ4v) is 1.70. The number of carbonyl (C=O) groups excluding carboxylic acids is 2. The van der Waals surface area contributed by atoms with Gasteiger partial charge in [0.15, 0.2) is 0 Å². The topological polar surface area (TPSA) is 101 Å². The SMILES string of the molecule is CC(CC(N)=O)Nc1ccc(C(=O)N(C)C)cc1N. The van der Waals surface area contributed by atoms with Crippen LogP contribution in [-0.4, -0.2) is 36.9 Å². The third kappa shape index (κ3) is 4.17. The Morgan fingerprint density at radius 3 is 2.47 bits per heavy atom. The van der Waals surface area contributed by atoms with Crippen LogP contribution in [0.5, 0.6) is 0 Å². The number of carbonyl (C=O) groups is 2. The van der Waals surface area contributed by atoms with Gasteiger partial charge in [-0.1, -0.05) is 0 Å². The lowest BCUT2D eigenvalue weighted by Gasteiger charge is -2.17. The van der Waals surface area contributed by atoms with Gasteiger partial charge < -0.3 is 21.7 Å². The van der Waals surface area contributed by atoms with Crippen molar-refractivity contribution < 1.29 is 9.59 Å². The highest BCUT2D eigenvalue weighted by Gasteiger charge is 2.12. The van der Waals surface area contributed by atoms with Crippen molar-refractivity contribution in [3.05, 3.63) is 23.8 Å². The van der Waals surface area contributed by atoms with E-state index in [1.165, 1.54) is 4.90 Å². The number of nitrogens with two attached hydrogens (primary N) is 2. The van der Waals surface area contributed by atoms with Crippen LogP contribution in [0.25, 0.3) is 0 Å². The average Bonchev–Trinajstić information content (AvgIpc) is 2.29. The number of hydrogen-bond donors (Lipinski definition) is 3. The minimum atomic E-state index is -0.377. The molecule has 0 heterocycles. The zero-order valence-electron chi connectivity index (χ0n) is 11.4. The Bertz CT molecular complexity index is 486. The number of nitrogen functional groups attached to an aromatic ring is 1. The molecule has 0 radical (unpaired) electrons. The Morgan fingerprint density at radius 1 is 1.37 bits per heavy atom. The van der Waals surface area contributed by atoms with E-state index in [1.807, 2.05) is 6.92 Å². The highest BCUT2D eigenvalue weighted by molar-refractivity contribution is 5.95. The van der Waals surface area contributed by atoms with Crippen LogP contribution in [0.4, 0.5) is 11.4 Å². The summed E-state index contributed by atoms with van der Waals surface area (Å²) >= 11 is 0. The molecule has 19 heavy (non-hydrogen) atoms. The normalized spacial score (nSPS) is 11.7. The Kier molecular flexibility index (Phi) is 4.74. The molecule has 1 rings (SSSR count). The van der Waals surface area contributed by atoms with Gasteiger partial charge in [-0.25, -0.2) is 0 Å². The number of anilines is 2. The van der Waals surface area contributed by atoms with Crippen LogP contribution < -0.4 is 16.8 Å². The van der Waals surface area contributed by atoms with E-state index in [1.54, 1.807) is 32.3 Å². The summed E-state index contributed by atoms with van der Waals surface area (Å²) in [6.45, 7) is 1.84. The molecule has 104 valence electrons. The number of hydrogen-bond acceptors (Lipinski definition) is 4. The lowest BCUT2D eigenvalue weighted by atomic mass is 10.1. The Morgan fingerprint density at radius 2 is 2.00 bits per heavy atom. The van der Waals surface area contributed by atoms with E-state index in [2.05, 4.69) is 5.32 Å². The quantitative estimate of drug-likeness (QED) is 0.679. The van der Waals surface area contributed by atoms with Crippen molar-refractivity contribution in [2.24, 2.45) is 5.73 Å². The molecule has 0 saturated carbocycles. The van der Waals surface area contributed by atoms with E-state index in [4.69, 9.17) is 11.5 Å². The summed E-state index contributed by atoms with van der Waals surface area (Å²) in [5.74, 6) is -0.485. The predicted molar refractivity (Wildman–Crippen MR) is 75.8 cm³/mol. The van der Waals surface area contributed by atoms with Crippen LogP contribution in [-0.2, 0) is 4.79 Å². The monoisotopic (exact) mass is 264 g/mol. The van der Waals surface area contributed by atoms with Crippen molar-refractivity contribution in [2.75, 3.05) is 25.1 Å². The van der Waals surface area contributed by atoms with Gasteiger partial charge in [0, 0.05) is 32.1 Å². The van der Waals surface area contributed by atoms with Crippen molar-refractivity contribution in [3.8, 4) is 0 Å². The predicted octanol–water partition coefficient (Wildman–Crippen LogP) is 0.646. The molecule has 0 aromatic heterocycles. The molecule has 1 aromatic carbocycles. The first-order chi connectivity index (χ1) is 8.81. The molecular weight excluding hydrogens is 244 g/mol. The van der Waals surface area contributed by atoms with E-state index >= 15 is 0 Å². The molecule has 0 saturated heterocycles. The van der Waals surface area contributed by atoms with E-state index in [0.717, 1.165) is 0 Å². The van der Waals surface area contributed by atoms with E-state index in [9.17, 15) is 9.59 Å². The second kappa shape index (κ2) is 6.08. The van der Waals surface area contributed by atoms with Crippen LogP contribution in [0.15, 0.2) is 18.2 Å². The molecule has 1 atom stereocenters. The fraction of sp³-hybridized carbons (Fsp3) is 0.385. The molecule has 6 nitrogen and oxygen atoms in total. The number of primary amides is 1. The molecule has 0 aliphatic rings.